The molecule has 11 nitrogen and oxygen atoms in total. The third-order valence-corrected chi connectivity index (χ3v) is 4.82. The summed E-state index contributed by atoms with van der Waals surface area (Å²) in [6, 6.07) is 9.02. The first-order valence-corrected chi connectivity index (χ1v) is 10.2. The van der Waals surface area contributed by atoms with E-state index >= 15 is 0 Å². The van der Waals surface area contributed by atoms with Gasteiger partial charge >= 0.3 is 5.97 Å². The summed E-state index contributed by atoms with van der Waals surface area (Å²) in [6.45, 7) is 0.289. The zero-order valence-corrected chi connectivity index (χ0v) is 18.1. The van der Waals surface area contributed by atoms with E-state index in [4.69, 9.17) is 25.8 Å². The molecule has 0 aromatic heterocycles. The lowest BCUT2D eigenvalue weighted by atomic mass is 10.1. The number of nitro benzene ring substituents is 1. The number of halogens is 1. The summed E-state index contributed by atoms with van der Waals surface area (Å²) in [6.07, 6.45) is 0.541. The summed E-state index contributed by atoms with van der Waals surface area (Å²) in [5.74, 6) is -0.721. The molecular formula is C21H20ClN3O8. The highest BCUT2D eigenvalue weighted by atomic mass is 35.5. The Labute approximate surface area is 193 Å². The predicted molar refractivity (Wildman–Crippen MR) is 116 cm³/mol. The summed E-state index contributed by atoms with van der Waals surface area (Å²) in [5, 5.41) is 15.7. The molecule has 0 atom stereocenters. The zero-order valence-electron chi connectivity index (χ0n) is 17.3. The monoisotopic (exact) mass is 477 g/mol. The number of hydrogen-bond acceptors (Lipinski definition) is 8. The summed E-state index contributed by atoms with van der Waals surface area (Å²) in [4.78, 5) is 45.9. The van der Waals surface area contributed by atoms with Gasteiger partial charge in [-0.15, -0.1) is 0 Å². The molecule has 12 heteroatoms. The van der Waals surface area contributed by atoms with Crippen LogP contribution in [-0.4, -0.2) is 55.6 Å². The quantitative estimate of drug-likeness (QED) is 0.315. The molecule has 2 amide bonds. The molecule has 0 aliphatic carbocycles. The van der Waals surface area contributed by atoms with Crippen LogP contribution in [0.4, 0.5) is 5.69 Å². The molecule has 0 saturated heterocycles. The van der Waals surface area contributed by atoms with Crippen LogP contribution in [0, 0.1) is 10.1 Å². The third-order valence-electron chi connectivity index (χ3n) is 4.50. The van der Waals surface area contributed by atoms with Gasteiger partial charge in [-0.1, -0.05) is 17.7 Å². The Morgan fingerprint density at radius 3 is 2.58 bits per heavy atom. The number of hydrogen-bond donors (Lipinski definition) is 2. The van der Waals surface area contributed by atoms with Crippen LogP contribution in [0.1, 0.15) is 15.9 Å². The van der Waals surface area contributed by atoms with Gasteiger partial charge in [0, 0.05) is 18.2 Å². The minimum Gasteiger partial charge on any atom is -0.486 e. The zero-order chi connectivity index (χ0) is 23.8. The van der Waals surface area contributed by atoms with Crippen molar-refractivity contribution in [3.63, 3.8) is 0 Å². The van der Waals surface area contributed by atoms with E-state index in [1.54, 1.807) is 0 Å². The van der Waals surface area contributed by atoms with Crippen molar-refractivity contribution in [2.45, 2.75) is 6.42 Å². The molecule has 174 valence electrons. The summed E-state index contributed by atoms with van der Waals surface area (Å²) in [5.41, 5.74) is 0.470. The molecule has 0 fully saturated rings. The SMILES string of the molecule is O=C(COC(=O)CNC(=O)c1ccc(Cl)c([N+](=O)[O-])c1)NCCc1ccc2c(c1)OCCO2. The van der Waals surface area contributed by atoms with Crippen molar-refractivity contribution in [2.75, 3.05) is 32.9 Å². The normalized spacial score (nSPS) is 11.9. The van der Waals surface area contributed by atoms with Crippen LogP contribution in [0.25, 0.3) is 0 Å². The van der Waals surface area contributed by atoms with Crippen molar-refractivity contribution < 1.29 is 33.5 Å². The van der Waals surface area contributed by atoms with Crippen molar-refractivity contribution >= 4 is 35.1 Å². The molecule has 2 aromatic carbocycles. The van der Waals surface area contributed by atoms with Gasteiger partial charge in [-0.2, -0.15) is 0 Å². The summed E-state index contributed by atoms with van der Waals surface area (Å²) in [7, 11) is 0. The van der Waals surface area contributed by atoms with Crippen molar-refractivity contribution in [2.24, 2.45) is 0 Å². The third kappa shape index (κ3) is 6.81. The molecule has 0 radical (unpaired) electrons. The Bertz CT molecular complexity index is 1080. The topological polar surface area (TPSA) is 146 Å². The standard InChI is InChI=1S/C21H20ClN3O8/c22-15-3-2-14(10-16(15)25(29)30)21(28)24-11-20(27)33-12-19(26)23-6-5-13-1-4-17-18(9-13)32-8-7-31-17/h1-4,9-10H,5-8,11-12H2,(H,23,26)(H,24,28). The van der Waals surface area contributed by atoms with Gasteiger partial charge in [0.15, 0.2) is 18.1 Å². The maximum atomic E-state index is 12.1. The number of rotatable bonds is 9. The largest absolute Gasteiger partial charge is 0.486 e. The average molecular weight is 478 g/mol. The molecule has 2 aromatic rings. The highest BCUT2D eigenvalue weighted by molar-refractivity contribution is 6.32. The van der Waals surface area contributed by atoms with Crippen molar-refractivity contribution in [3.05, 3.63) is 62.7 Å². The minimum atomic E-state index is -0.839. The molecule has 0 spiro atoms. The molecule has 0 saturated carbocycles. The van der Waals surface area contributed by atoms with Gasteiger partial charge in [0.05, 0.1) is 4.92 Å². The number of nitrogens with zero attached hydrogens (tertiary/aromatic N) is 1. The van der Waals surface area contributed by atoms with Crippen molar-refractivity contribution in [1.82, 2.24) is 10.6 Å². The fourth-order valence-corrected chi connectivity index (χ4v) is 3.07. The van der Waals surface area contributed by atoms with Gasteiger partial charge in [-0.25, -0.2) is 0 Å². The maximum absolute atomic E-state index is 12.1. The summed E-state index contributed by atoms with van der Waals surface area (Å²) < 4.78 is 15.8. The van der Waals surface area contributed by atoms with Crippen LogP contribution < -0.4 is 20.1 Å². The molecule has 1 heterocycles. The van der Waals surface area contributed by atoms with Crippen molar-refractivity contribution in [3.8, 4) is 11.5 Å². The Kier molecular flexibility index (Phi) is 8.03. The number of carbonyl (C=O) groups excluding carboxylic acids is 3. The first-order chi connectivity index (χ1) is 15.8. The van der Waals surface area contributed by atoms with Crippen LogP contribution in [0.2, 0.25) is 5.02 Å². The number of carbonyl (C=O) groups is 3. The van der Waals surface area contributed by atoms with Crippen LogP contribution in [0.3, 0.4) is 0 Å². The fourth-order valence-electron chi connectivity index (χ4n) is 2.89. The van der Waals surface area contributed by atoms with E-state index in [1.807, 2.05) is 18.2 Å². The highest BCUT2D eigenvalue weighted by Gasteiger charge is 2.17. The van der Waals surface area contributed by atoms with Crippen molar-refractivity contribution in [1.29, 1.82) is 0 Å². The second kappa shape index (κ2) is 11.1. The first-order valence-electron chi connectivity index (χ1n) is 9.86. The van der Waals surface area contributed by atoms with Gasteiger partial charge in [-0.3, -0.25) is 24.5 Å². The molecule has 33 heavy (non-hydrogen) atoms. The fraction of sp³-hybridized carbons (Fsp3) is 0.286. The van der Waals surface area contributed by atoms with Gasteiger partial charge in [-0.05, 0) is 36.2 Å². The van der Waals surface area contributed by atoms with Crippen LogP contribution in [0.15, 0.2) is 36.4 Å². The first kappa shape index (κ1) is 23.8. The molecule has 1 aliphatic rings. The number of amides is 2. The maximum Gasteiger partial charge on any atom is 0.325 e. The lowest BCUT2D eigenvalue weighted by Gasteiger charge is -2.18. The van der Waals surface area contributed by atoms with Crippen LogP contribution in [-0.2, 0) is 20.7 Å². The van der Waals surface area contributed by atoms with Crippen LogP contribution >= 0.6 is 11.6 Å². The van der Waals surface area contributed by atoms with E-state index < -0.39 is 41.5 Å². The number of esters is 1. The molecule has 3 rings (SSSR count). The van der Waals surface area contributed by atoms with Gasteiger partial charge < -0.3 is 24.8 Å². The Morgan fingerprint density at radius 2 is 1.82 bits per heavy atom. The van der Waals surface area contributed by atoms with E-state index in [1.165, 1.54) is 12.1 Å². The Morgan fingerprint density at radius 1 is 1.06 bits per heavy atom. The van der Waals surface area contributed by atoms with E-state index in [2.05, 4.69) is 10.6 Å². The van der Waals surface area contributed by atoms with E-state index in [9.17, 15) is 24.5 Å². The highest BCUT2D eigenvalue weighted by Crippen LogP contribution is 2.30. The average Bonchev–Trinajstić information content (AvgIpc) is 2.81. The molecular weight excluding hydrogens is 458 g/mol. The molecule has 0 bridgehead atoms. The number of fused-ring (bicyclic) bond motifs is 1. The Balaban J connectivity index is 1.35. The van der Waals surface area contributed by atoms with E-state index in [-0.39, 0.29) is 10.6 Å². The molecule has 2 N–H and O–H groups in total. The smallest absolute Gasteiger partial charge is 0.325 e. The summed E-state index contributed by atoms with van der Waals surface area (Å²) >= 11 is 5.70. The van der Waals surface area contributed by atoms with Gasteiger partial charge in [0.2, 0.25) is 0 Å². The van der Waals surface area contributed by atoms with Crippen LogP contribution in [0.5, 0.6) is 11.5 Å². The number of nitrogens with one attached hydrogen (secondary N) is 2. The Hall–Kier alpha value is -3.86. The lowest BCUT2D eigenvalue weighted by molar-refractivity contribution is -0.384. The molecule has 0 unspecified atom stereocenters. The van der Waals surface area contributed by atoms with E-state index in [0.29, 0.717) is 37.7 Å². The minimum absolute atomic E-state index is 0.0456. The number of benzene rings is 2. The molecule has 1 aliphatic heterocycles. The van der Waals surface area contributed by atoms with E-state index in [0.717, 1.165) is 11.6 Å². The number of nitro groups is 1. The van der Waals surface area contributed by atoms with Gasteiger partial charge in [0.25, 0.3) is 17.5 Å². The second-order valence-corrected chi connectivity index (χ2v) is 7.25. The number of ether oxygens (including phenoxy) is 3. The second-order valence-electron chi connectivity index (χ2n) is 6.84. The van der Waals surface area contributed by atoms with Gasteiger partial charge in [0.1, 0.15) is 24.8 Å². The lowest BCUT2D eigenvalue weighted by Crippen LogP contribution is -2.34. The predicted octanol–water partition coefficient (Wildman–Crippen LogP) is 1.65.